The summed E-state index contributed by atoms with van der Waals surface area (Å²) in [6, 6.07) is 9.77. The van der Waals surface area contributed by atoms with Gasteiger partial charge in [0.2, 0.25) is 11.8 Å². The van der Waals surface area contributed by atoms with Crippen LogP contribution in [0.25, 0.3) is 10.9 Å². The molecule has 3 unspecified atom stereocenters. The number of phenols is 1. The third kappa shape index (κ3) is 6.09. The third-order valence-electron chi connectivity index (χ3n) is 5.26. The molecule has 2 amide bonds. The number of aromatic amines is 1. The number of nitrogens with two attached hydrogens (primary N) is 1. The molecule has 1 heterocycles. The van der Waals surface area contributed by atoms with Crippen molar-refractivity contribution in [3.63, 3.8) is 0 Å². The maximum Gasteiger partial charge on any atom is 0.326 e. The molecule has 33 heavy (non-hydrogen) atoms. The molecule has 2 aromatic carbocycles. The predicted octanol–water partition coefficient (Wildman–Crippen LogP) is 0.0325. The third-order valence-corrected chi connectivity index (χ3v) is 5.26. The predicted molar refractivity (Wildman–Crippen MR) is 120 cm³/mol. The Balaban J connectivity index is 1.60. The van der Waals surface area contributed by atoms with Gasteiger partial charge >= 0.3 is 5.97 Å². The number of aromatic nitrogens is 1. The fourth-order valence-corrected chi connectivity index (χ4v) is 3.44. The van der Waals surface area contributed by atoms with Crippen molar-refractivity contribution in [2.45, 2.75) is 31.0 Å². The summed E-state index contributed by atoms with van der Waals surface area (Å²) < 4.78 is 0. The molecule has 3 rings (SSSR count). The van der Waals surface area contributed by atoms with Crippen molar-refractivity contribution in [3.05, 3.63) is 65.9 Å². The van der Waals surface area contributed by atoms with Crippen LogP contribution in [-0.2, 0) is 27.2 Å². The van der Waals surface area contributed by atoms with Crippen molar-refractivity contribution in [1.29, 1.82) is 0 Å². The molecule has 8 N–H and O–H groups in total. The van der Waals surface area contributed by atoms with Crippen LogP contribution in [0.2, 0.25) is 0 Å². The summed E-state index contributed by atoms with van der Waals surface area (Å²) in [6.45, 7) is -0.733. The van der Waals surface area contributed by atoms with Gasteiger partial charge in [0.15, 0.2) is 0 Å². The zero-order chi connectivity index (χ0) is 24.0. The number of aliphatic carboxylic acids is 1. The molecule has 0 saturated carbocycles. The van der Waals surface area contributed by atoms with Crippen LogP contribution in [0.15, 0.2) is 54.7 Å². The minimum atomic E-state index is -1.37. The molecule has 0 fully saturated rings. The van der Waals surface area contributed by atoms with Crippen molar-refractivity contribution in [1.82, 2.24) is 15.6 Å². The molecule has 174 valence electrons. The lowest BCUT2D eigenvalue weighted by Gasteiger charge is -2.21. The molecule has 0 radical (unpaired) electrons. The number of benzene rings is 2. The summed E-state index contributed by atoms with van der Waals surface area (Å²) in [5.41, 5.74) is 8.32. The number of rotatable bonds is 10. The van der Waals surface area contributed by atoms with E-state index in [1.807, 2.05) is 24.3 Å². The summed E-state index contributed by atoms with van der Waals surface area (Å²) in [4.78, 5) is 39.8. The van der Waals surface area contributed by atoms with Crippen LogP contribution in [0.1, 0.15) is 11.1 Å². The van der Waals surface area contributed by atoms with Crippen molar-refractivity contribution >= 4 is 28.7 Å². The van der Waals surface area contributed by atoms with Crippen molar-refractivity contribution in [2.24, 2.45) is 5.73 Å². The summed E-state index contributed by atoms with van der Waals surface area (Å²) in [5.74, 6) is -2.76. The molecule has 0 spiro atoms. The number of phenolic OH excluding ortho intramolecular Hbond substituents is 1. The van der Waals surface area contributed by atoms with E-state index in [0.29, 0.717) is 5.56 Å². The van der Waals surface area contributed by atoms with E-state index in [1.54, 1.807) is 6.20 Å². The van der Waals surface area contributed by atoms with Gasteiger partial charge in [-0.3, -0.25) is 9.59 Å². The largest absolute Gasteiger partial charge is 0.508 e. The number of hydrogen-bond acceptors (Lipinski definition) is 6. The van der Waals surface area contributed by atoms with E-state index in [9.17, 15) is 29.7 Å². The van der Waals surface area contributed by atoms with Gasteiger partial charge < -0.3 is 36.7 Å². The highest BCUT2D eigenvalue weighted by Crippen LogP contribution is 2.18. The van der Waals surface area contributed by atoms with Crippen LogP contribution >= 0.6 is 0 Å². The lowest BCUT2D eigenvalue weighted by Crippen LogP contribution is -2.56. The fourth-order valence-electron chi connectivity index (χ4n) is 3.44. The summed E-state index contributed by atoms with van der Waals surface area (Å²) in [6.07, 6.45) is 1.91. The molecule has 10 nitrogen and oxygen atoms in total. The van der Waals surface area contributed by atoms with Crippen molar-refractivity contribution in [3.8, 4) is 5.75 Å². The smallest absolute Gasteiger partial charge is 0.326 e. The number of fused-ring (bicyclic) bond motifs is 1. The van der Waals surface area contributed by atoms with Crippen molar-refractivity contribution < 1.29 is 29.7 Å². The number of carboxylic acids is 1. The molecule has 0 aliphatic rings. The minimum Gasteiger partial charge on any atom is -0.508 e. The molecule has 0 aliphatic heterocycles. The average molecular weight is 454 g/mol. The first kappa shape index (κ1) is 23.8. The van der Waals surface area contributed by atoms with E-state index in [1.165, 1.54) is 24.3 Å². The normalized spacial score (nSPS) is 13.8. The molecule has 0 saturated heterocycles. The van der Waals surface area contributed by atoms with Gasteiger partial charge in [0.05, 0.1) is 12.6 Å². The Morgan fingerprint density at radius 2 is 1.61 bits per heavy atom. The number of aliphatic hydroxyl groups is 1. The monoisotopic (exact) mass is 454 g/mol. The van der Waals surface area contributed by atoms with E-state index < -0.39 is 42.5 Å². The van der Waals surface area contributed by atoms with Gasteiger partial charge in [0.25, 0.3) is 0 Å². The standard InChI is InChI=1S/C23H26N4O6/c24-17(10-14-11-25-18-4-2-1-3-16(14)18)21(30)27-20(12-28)22(31)26-19(23(32)33)9-13-5-7-15(29)8-6-13/h1-8,11,17,19-20,25,28-29H,9-10,12,24H2,(H,26,31)(H,27,30)(H,32,33). The maximum atomic E-state index is 12.5. The summed E-state index contributed by atoms with van der Waals surface area (Å²) >= 11 is 0. The Morgan fingerprint density at radius 1 is 0.939 bits per heavy atom. The number of para-hydroxylation sites is 1. The molecular weight excluding hydrogens is 428 g/mol. The van der Waals surface area contributed by atoms with E-state index >= 15 is 0 Å². The Bertz CT molecular complexity index is 1130. The van der Waals surface area contributed by atoms with Gasteiger partial charge in [-0.05, 0) is 35.7 Å². The van der Waals surface area contributed by atoms with Crippen LogP contribution in [0.5, 0.6) is 5.75 Å². The lowest BCUT2D eigenvalue weighted by atomic mass is 10.0. The van der Waals surface area contributed by atoms with Crippen LogP contribution in [0.3, 0.4) is 0 Å². The van der Waals surface area contributed by atoms with Gasteiger partial charge in [-0.2, -0.15) is 0 Å². The average Bonchev–Trinajstić information content (AvgIpc) is 3.20. The molecule has 3 aromatic rings. The first-order valence-corrected chi connectivity index (χ1v) is 10.3. The number of carbonyl (C=O) groups excluding carboxylic acids is 2. The molecule has 10 heteroatoms. The second-order valence-corrected chi connectivity index (χ2v) is 7.68. The number of aliphatic hydroxyl groups excluding tert-OH is 1. The second kappa shape index (κ2) is 10.6. The first-order valence-electron chi connectivity index (χ1n) is 10.3. The Hall–Kier alpha value is -3.89. The zero-order valence-corrected chi connectivity index (χ0v) is 17.7. The highest BCUT2D eigenvalue weighted by Gasteiger charge is 2.28. The highest BCUT2D eigenvalue weighted by molar-refractivity contribution is 5.92. The Kier molecular flexibility index (Phi) is 7.65. The van der Waals surface area contributed by atoms with Gasteiger partial charge in [-0.25, -0.2) is 4.79 Å². The zero-order valence-electron chi connectivity index (χ0n) is 17.7. The van der Waals surface area contributed by atoms with E-state index in [4.69, 9.17) is 5.73 Å². The summed E-state index contributed by atoms with van der Waals surface area (Å²) in [7, 11) is 0. The van der Waals surface area contributed by atoms with Crippen molar-refractivity contribution in [2.75, 3.05) is 6.61 Å². The first-order chi connectivity index (χ1) is 15.8. The maximum absolute atomic E-state index is 12.5. The number of carboxylic acid groups (broad SMARTS) is 1. The highest BCUT2D eigenvalue weighted by atomic mass is 16.4. The van der Waals surface area contributed by atoms with E-state index in [2.05, 4.69) is 15.6 Å². The number of amides is 2. The van der Waals surface area contributed by atoms with Crippen LogP contribution in [-0.4, -0.2) is 62.8 Å². The number of H-pyrrole nitrogens is 1. The van der Waals surface area contributed by atoms with E-state index in [0.717, 1.165) is 16.5 Å². The summed E-state index contributed by atoms with van der Waals surface area (Å²) in [5, 5.41) is 34.0. The van der Waals surface area contributed by atoms with Crippen LogP contribution < -0.4 is 16.4 Å². The molecular formula is C23H26N4O6. The number of nitrogens with one attached hydrogen (secondary N) is 3. The SMILES string of the molecule is NC(Cc1c[nH]c2ccccc12)C(=O)NC(CO)C(=O)NC(Cc1ccc(O)cc1)C(=O)O. The molecule has 0 aliphatic carbocycles. The van der Waals surface area contributed by atoms with Gasteiger partial charge in [0.1, 0.15) is 17.8 Å². The van der Waals surface area contributed by atoms with Crippen LogP contribution in [0, 0.1) is 0 Å². The topological polar surface area (TPSA) is 178 Å². The van der Waals surface area contributed by atoms with E-state index in [-0.39, 0.29) is 18.6 Å². The van der Waals surface area contributed by atoms with Gasteiger partial charge in [0, 0.05) is 23.5 Å². The van der Waals surface area contributed by atoms with Gasteiger partial charge in [-0.1, -0.05) is 30.3 Å². The van der Waals surface area contributed by atoms with Gasteiger partial charge in [-0.15, -0.1) is 0 Å². The number of carbonyl (C=O) groups is 3. The number of hydrogen-bond donors (Lipinski definition) is 7. The molecule has 0 bridgehead atoms. The quantitative estimate of drug-likeness (QED) is 0.226. The lowest BCUT2D eigenvalue weighted by molar-refractivity contribution is -0.142. The van der Waals surface area contributed by atoms with Crippen LogP contribution in [0.4, 0.5) is 0 Å². The number of aromatic hydroxyl groups is 1. The molecule has 3 atom stereocenters. The Morgan fingerprint density at radius 3 is 2.27 bits per heavy atom. The minimum absolute atomic E-state index is 0.0293. The Labute approximate surface area is 189 Å². The molecule has 1 aromatic heterocycles. The fraction of sp³-hybridized carbons (Fsp3) is 0.261. The second-order valence-electron chi connectivity index (χ2n) is 7.68.